The molecule has 178 valence electrons. The highest BCUT2D eigenvalue weighted by Gasteiger charge is 2.40. The molecule has 0 atom stereocenters. The summed E-state index contributed by atoms with van der Waals surface area (Å²) in [4.78, 5) is 50.2. The van der Waals surface area contributed by atoms with Crippen LogP contribution in [-0.2, 0) is 14.3 Å². The summed E-state index contributed by atoms with van der Waals surface area (Å²) in [5, 5.41) is 0. The van der Waals surface area contributed by atoms with Crippen LogP contribution in [0.2, 0.25) is 0 Å². The summed E-state index contributed by atoms with van der Waals surface area (Å²) >= 11 is 0. The van der Waals surface area contributed by atoms with Gasteiger partial charge in [-0.05, 0) is 12.1 Å². The fourth-order valence-electron chi connectivity index (χ4n) is 4.34. The van der Waals surface area contributed by atoms with E-state index in [9.17, 15) is 14.4 Å². The molecular weight excluding hydrogens is 436 g/mol. The highest BCUT2D eigenvalue weighted by Crippen LogP contribution is 2.31. The standard InChI is InChI=1S/C25H28N4O5/c1-33-16-15-29(21(30)17-34-2)23-22(24(31)18-7-3-4-8-19(18)25(23)32)28-13-11-27(12-14-28)20-9-5-6-10-26-20/h3-10H,11-17H2,1-2H3. The zero-order valence-corrected chi connectivity index (χ0v) is 19.4. The van der Waals surface area contributed by atoms with Crippen LogP contribution in [0, 0.1) is 0 Å². The van der Waals surface area contributed by atoms with E-state index < -0.39 is 5.91 Å². The number of carbonyl (C=O) groups excluding carboxylic acids is 3. The zero-order valence-electron chi connectivity index (χ0n) is 19.4. The first-order chi connectivity index (χ1) is 16.6. The minimum absolute atomic E-state index is 0.0917. The van der Waals surface area contributed by atoms with Gasteiger partial charge in [-0.2, -0.15) is 0 Å². The number of fused-ring (bicyclic) bond motifs is 1. The number of amides is 1. The molecular formula is C25H28N4O5. The number of rotatable bonds is 8. The number of nitrogens with zero attached hydrogens (tertiary/aromatic N) is 4. The summed E-state index contributed by atoms with van der Waals surface area (Å²) in [7, 11) is 2.94. The lowest BCUT2D eigenvalue weighted by Gasteiger charge is -2.40. The Morgan fingerprint density at radius 2 is 1.56 bits per heavy atom. The number of anilines is 1. The van der Waals surface area contributed by atoms with Gasteiger partial charge in [0, 0.05) is 64.3 Å². The van der Waals surface area contributed by atoms with E-state index in [4.69, 9.17) is 9.47 Å². The number of pyridine rings is 1. The average Bonchev–Trinajstić information content (AvgIpc) is 2.88. The number of hydrogen-bond donors (Lipinski definition) is 0. The van der Waals surface area contributed by atoms with Crippen LogP contribution >= 0.6 is 0 Å². The topological polar surface area (TPSA) is 92.3 Å². The molecule has 1 aromatic heterocycles. The highest BCUT2D eigenvalue weighted by molar-refractivity contribution is 6.27. The highest BCUT2D eigenvalue weighted by atomic mass is 16.5. The maximum Gasteiger partial charge on any atom is 0.253 e. The van der Waals surface area contributed by atoms with Gasteiger partial charge in [0.15, 0.2) is 0 Å². The second kappa shape index (κ2) is 10.6. The lowest BCUT2D eigenvalue weighted by atomic mass is 9.88. The number of ketones is 2. The molecule has 2 aromatic rings. The molecule has 0 unspecified atom stereocenters. The van der Waals surface area contributed by atoms with Crippen LogP contribution < -0.4 is 4.90 Å². The molecule has 1 fully saturated rings. The lowest BCUT2D eigenvalue weighted by molar-refractivity contribution is -0.133. The van der Waals surface area contributed by atoms with E-state index in [1.807, 2.05) is 23.1 Å². The Balaban J connectivity index is 1.73. The number of methoxy groups -OCH3 is 2. The molecule has 0 bridgehead atoms. The largest absolute Gasteiger partial charge is 0.383 e. The number of aromatic nitrogens is 1. The minimum atomic E-state index is -0.403. The summed E-state index contributed by atoms with van der Waals surface area (Å²) in [6.07, 6.45) is 1.75. The van der Waals surface area contributed by atoms with Crippen molar-refractivity contribution in [2.24, 2.45) is 0 Å². The van der Waals surface area contributed by atoms with Crippen LogP contribution in [0.1, 0.15) is 20.7 Å². The van der Waals surface area contributed by atoms with Gasteiger partial charge >= 0.3 is 0 Å². The smallest absolute Gasteiger partial charge is 0.253 e. The Hall–Kier alpha value is -3.56. The molecule has 1 amide bonds. The van der Waals surface area contributed by atoms with Crippen LogP contribution in [0.15, 0.2) is 60.1 Å². The van der Waals surface area contributed by atoms with Crippen molar-refractivity contribution < 1.29 is 23.9 Å². The van der Waals surface area contributed by atoms with Gasteiger partial charge < -0.3 is 24.2 Å². The van der Waals surface area contributed by atoms with Crippen molar-refractivity contribution in [3.8, 4) is 0 Å². The first-order valence-corrected chi connectivity index (χ1v) is 11.2. The van der Waals surface area contributed by atoms with Crippen molar-refractivity contribution in [3.05, 3.63) is 71.2 Å². The van der Waals surface area contributed by atoms with Gasteiger partial charge in [-0.25, -0.2) is 4.98 Å². The summed E-state index contributed by atoms with van der Waals surface area (Å²) in [6.45, 7) is 2.40. The summed E-state index contributed by atoms with van der Waals surface area (Å²) in [5.41, 5.74) is 0.995. The maximum absolute atomic E-state index is 13.7. The molecule has 2 aliphatic rings. The zero-order chi connectivity index (χ0) is 24.1. The van der Waals surface area contributed by atoms with Crippen LogP contribution in [-0.4, -0.2) is 92.4 Å². The van der Waals surface area contributed by atoms with Gasteiger partial charge in [0.25, 0.3) is 5.91 Å². The molecule has 1 aliphatic carbocycles. The van der Waals surface area contributed by atoms with E-state index in [1.165, 1.54) is 19.1 Å². The van der Waals surface area contributed by atoms with E-state index in [-0.39, 0.29) is 42.7 Å². The third-order valence-electron chi connectivity index (χ3n) is 6.00. The SMILES string of the molecule is COCCN(C(=O)COC)C1=C(N2CCN(c3ccccn3)CC2)C(=O)c2ccccc2C1=O. The van der Waals surface area contributed by atoms with E-state index in [2.05, 4.69) is 9.88 Å². The lowest BCUT2D eigenvalue weighted by Crippen LogP contribution is -2.50. The second-order valence-electron chi connectivity index (χ2n) is 8.03. The van der Waals surface area contributed by atoms with Gasteiger partial charge in [-0.3, -0.25) is 14.4 Å². The first kappa shape index (κ1) is 23.6. The summed E-state index contributed by atoms with van der Waals surface area (Å²) < 4.78 is 10.2. The first-order valence-electron chi connectivity index (χ1n) is 11.2. The number of carbonyl (C=O) groups is 3. The van der Waals surface area contributed by atoms with E-state index >= 15 is 0 Å². The average molecular weight is 465 g/mol. The van der Waals surface area contributed by atoms with Gasteiger partial charge in [0.1, 0.15) is 23.8 Å². The Labute approximate surface area is 198 Å². The van der Waals surface area contributed by atoms with Gasteiger partial charge in [-0.15, -0.1) is 0 Å². The number of hydrogen-bond acceptors (Lipinski definition) is 8. The maximum atomic E-state index is 13.7. The monoisotopic (exact) mass is 464 g/mol. The number of benzene rings is 1. The third kappa shape index (κ3) is 4.57. The quantitative estimate of drug-likeness (QED) is 0.582. The van der Waals surface area contributed by atoms with Crippen molar-refractivity contribution in [1.82, 2.24) is 14.8 Å². The number of ether oxygens (including phenoxy) is 2. The van der Waals surface area contributed by atoms with Crippen LogP contribution in [0.25, 0.3) is 0 Å². The van der Waals surface area contributed by atoms with Gasteiger partial charge in [-0.1, -0.05) is 30.3 Å². The molecule has 9 heteroatoms. The summed E-state index contributed by atoms with van der Waals surface area (Å²) in [6, 6.07) is 12.5. The Kier molecular flexibility index (Phi) is 7.34. The molecule has 1 saturated heterocycles. The molecule has 1 aliphatic heterocycles. The Morgan fingerprint density at radius 1 is 0.912 bits per heavy atom. The van der Waals surface area contributed by atoms with Crippen molar-refractivity contribution in [2.75, 3.05) is 65.1 Å². The molecule has 1 aromatic carbocycles. The van der Waals surface area contributed by atoms with E-state index in [0.29, 0.717) is 37.3 Å². The predicted molar refractivity (Wildman–Crippen MR) is 126 cm³/mol. The van der Waals surface area contributed by atoms with Gasteiger partial charge in [0.05, 0.1) is 6.61 Å². The molecule has 34 heavy (non-hydrogen) atoms. The van der Waals surface area contributed by atoms with E-state index in [0.717, 1.165) is 5.82 Å². The van der Waals surface area contributed by atoms with Crippen LogP contribution in [0.5, 0.6) is 0 Å². The van der Waals surface area contributed by atoms with Crippen molar-refractivity contribution in [2.45, 2.75) is 0 Å². The third-order valence-corrected chi connectivity index (χ3v) is 6.00. The molecule has 0 spiro atoms. The Morgan fingerprint density at radius 3 is 2.18 bits per heavy atom. The molecule has 0 radical (unpaired) electrons. The Bertz CT molecular complexity index is 1090. The van der Waals surface area contributed by atoms with Crippen molar-refractivity contribution in [3.63, 3.8) is 0 Å². The number of piperazine rings is 1. The van der Waals surface area contributed by atoms with E-state index in [1.54, 1.807) is 30.5 Å². The van der Waals surface area contributed by atoms with Crippen molar-refractivity contribution >= 4 is 23.3 Å². The fraction of sp³-hybridized carbons (Fsp3) is 0.360. The molecule has 2 heterocycles. The van der Waals surface area contributed by atoms with Crippen LogP contribution in [0.3, 0.4) is 0 Å². The molecule has 0 N–H and O–H groups in total. The number of Topliss-reactive ketones (excluding diaryl/α,β-unsaturated/α-hetero) is 2. The molecule has 9 nitrogen and oxygen atoms in total. The molecule has 4 rings (SSSR count). The fourth-order valence-corrected chi connectivity index (χ4v) is 4.34. The van der Waals surface area contributed by atoms with Crippen LogP contribution in [0.4, 0.5) is 5.82 Å². The number of allylic oxidation sites excluding steroid dienone is 2. The van der Waals surface area contributed by atoms with Gasteiger partial charge in [0.2, 0.25) is 11.6 Å². The predicted octanol–water partition coefficient (Wildman–Crippen LogP) is 1.62. The second-order valence-corrected chi connectivity index (χ2v) is 8.03. The minimum Gasteiger partial charge on any atom is -0.383 e. The molecule has 0 saturated carbocycles. The summed E-state index contributed by atoms with van der Waals surface area (Å²) in [5.74, 6) is -0.147. The normalized spacial score (nSPS) is 16.1. The van der Waals surface area contributed by atoms with Crippen molar-refractivity contribution in [1.29, 1.82) is 0 Å².